The van der Waals surface area contributed by atoms with E-state index in [0.717, 1.165) is 21.8 Å². The average Bonchev–Trinajstić information content (AvgIpc) is 3.12. The Hall–Kier alpha value is -2.05. The summed E-state index contributed by atoms with van der Waals surface area (Å²) < 4.78 is 1.42. The van der Waals surface area contributed by atoms with Crippen LogP contribution in [-0.4, -0.2) is 14.6 Å². The summed E-state index contributed by atoms with van der Waals surface area (Å²) in [6.07, 6.45) is 0.918. The Morgan fingerprint density at radius 2 is 2.00 bits per heavy atom. The zero-order valence-corrected chi connectivity index (χ0v) is 12.9. The highest BCUT2D eigenvalue weighted by Gasteiger charge is 2.14. The molecule has 1 aromatic carbocycles. The first-order valence-electron chi connectivity index (χ1n) is 6.64. The predicted octanol–water partition coefficient (Wildman–Crippen LogP) is 3.60. The number of aromatic nitrogens is 3. The van der Waals surface area contributed by atoms with Gasteiger partial charge in [0.15, 0.2) is 0 Å². The van der Waals surface area contributed by atoms with Crippen LogP contribution in [0.3, 0.4) is 0 Å². The number of aryl methyl sites for hydroxylation is 1. The van der Waals surface area contributed by atoms with Crippen LogP contribution in [0, 0.1) is 0 Å². The second kappa shape index (κ2) is 4.75. The fourth-order valence-corrected chi connectivity index (χ4v) is 4.14. The number of rotatable bonds is 2. The quantitative estimate of drug-likeness (QED) is 0.568. The molecule has 0 N–H and O–H groups in total. The fourth-order valence-electron chi connectivity index (χ4n) is 2.23. The minimum absolute atomic E-state index is 0.0793. The van der Waals surface area contributed by atoms with Gasteiger partial charge in [-0.1, -0.05) is 48.6 Å². The molecular weight excluding hydrogens is 302 g/mol. The molecule has 0 fully saturated rings. The van der Waals surface area contributed by atoms with Crippen LogP contribution in [0.25, 0.3) is 25.7 Å². The minimum Gasteiger partial charge on any atom is -0.267 e. The number of fused-ring (bicyclic) bond motifs is 2. The molecule has 0 radical (unpaired) electrons. The van der Waals surface area contributed by atoms with Crippen LogP contribution in [0.2, 0.25) is 0 Å². The summed E-state index contributed by atoms with van der Waals surface area (Å²) in [6.45, 7) is 2.08. The van der Waals surface area contributed by atoms with Crippen molar-refractivity contribution in [2.24, 2.45) is 0 Å². The van der Waals surface area contributed by atoms with Crippen molar-refractivity contribution in [2.45, 2.75) is 13.3 Å². The SMILES string of the molecule is CCc1cc2c(=O)n3nc(-c4ccccc4)sc3nc2s1. The summed E-state index contributed by atoms with van der Waals surface area (Å²) in [7, 11) is 0. The van der Waals surface area contributed by atoms with Gasteiger partial charge in [-0.3, -0.25) is 4.79 Å². The third-order valence-electron chi connectivity index (χ3n) is 3.31. The van der Waals surface area contributed by atoms with Gasteiger partial charge >= 0.3 is 0 Å². The van der Waals surface area contributed by atoms with Crippen LogP contribution < -0.4 is 5.56 Å². The molecule has 0 amide bonds. The number of hydrogen-bond donors (Lipinski definition) is 0. The van der Waals surface area contributed by atoms with Gasteiger partial charge in [-0.2, -0.15) is 9.61 Å². The first-order chi connectivity index (χ1) is 10.3. The predicted molar refractivity (Wildman–Crippen MR) is 87.3 cm³/mol. The van der Waals surface area contributed by atoms with Gasteiger partial charge < -0.3 is 0 Å². The van der Waals surface area contributed by atoms with Gasteiger partial charge in [0.05, 0.1) is 5.39 Å². The maximum Gasteiger partial charge on any atom is 0.283 e. The fraction of sp³-hybridized carbons (Fsp3) is 0.133. The zero-order chi connectivity index (χ0) is 14.4. The maximum atomic E-state index is 12.5. The lowest BCUT2D eigenvalue weighted by atomic mass is 10.2. The largest absolute Gasteiger partial charge is 0.283 e. The molecule has 6 heteroatoms. The molecule has 4 rings (SSSR count). The normalized spacial score (nSPS) is 11.5. The van der Waals surface area contributed by atoms with Crippen molar-refractivity contribution in [3.8, 4) is 10.6 Å². The molecular formula is C15H11N3OS2. The number of hydrogen-bond acceptors (Lipinski definition) is 5. The Morgan fingerprint density at radius 3 is 2.76 bits per heavy atom. The third-order valence-corrected chi connectivity index (χ3v) is 5.44. The van der Waals surface area contributed by atoms with Gasteiger partial charge in [0.25, 0.3) is 5.56 Å². The van der Waals surface area contributed by atoms with Crippen LogP contribution >= 0.6 is 22.7 Å². The number of thiophene rings is 1. The minimum atomic E-state index is -0.0793. The smallest absolute Gasteiger partial charge is 0.267 e. The van der Waals surface area contributed by atoms with Gasteiger partial charge in [0, 0.05) is 10.4 Å². The molecule has 3 heterocycles. The van der Waals surface area contributed by atoms with E-state index in [1.165, 1.54) is 20.7 Å². The molecule has 0 aliphatic rings. The molecule has 4 aromatic rings. The molecule has 0 atom stereocenters. The number of benzene rings is 1. The Kier molecular flexibility index (Phi) is 2.87. The summed E-state index contributed by atoms with van der Waals surface area (Å²) >= 11 is 3.03. The Morgan fingerprint density at radius 1 is 1.19 bits per heavy atom. The van der Waals surface area contributed by atoms with Crippen molar-refractivity contribution in [1.82, 2.24) is 14.6 Å². The first kappa shape index (κ1) is 12.7. The highest BCUT2D eigenvalue weighted by atomic mass is 32.1. The Bertz CT molecular complexity index is 998. The van der Waals surface area contributed by atoms with Crippen molar-refractivity contribution in [2.75, 3.05) is 0 Å². The van der Waals surface area contributed by atoms with E-state index < -0.39 is 0 Å². The van der Waals surface area contributed by atoms with Crippen LogP contribution in [-0.2, 0) is 6.42 Å². The highest BCUT2D eigenvalue weighted by Crippen LogP contribution is 2.27. The lowest BCUT2D eigenvalue weighted by Crippen LogP contribution is -2.14. The topological polar surface area (TPSA) is 47.3 Å². The molecule has 21 heavy (non-hydrogen) atoms. The average molecular weight is 313 g/mol. The molecule has 0 aliphatic heterocycles. The summed E-state index contributed by atoms with van der Waals surface area (Å²) in [5, 5.41) is 5.91. The van der Waals surface area contributed by atoms with Gasteiger partial charge in [0.1, 0.15) is 9.84 Å². The second-order valence-corrected chi connectivity index (χ2v) is 6.74. The van der Waals surface area contributed by atoms with Crippen molar-refractivity contribution < 1.29 is 0 Å². The van der Waals surface area contributed by atoms with Gasteiger partial charge in [-0.05, 0) is 12.5 Å². The van der Waals surface area contributed by atoms with Gasteiger partial charge in [-0.15, -0.1) is 11.3 Å². The van der Waals surface area contributed by atoms with Crippen molar-refractivity contribution in [1.29, 1.82) is 0 Å². The lowest BCUT2D eigenvalue weighted by Gasteiger charge is -1.91. The monoisotopic (exact) mass is 313 g/mol. The highest BCUT2D eigenvalue weighted by molar-refractivity contribution is 7.21. The van der Waals surface area contributed by atoms with Crippen molar-refractivity contribution >= 4 is 37.9 Å². The van der Waals surface area contributed by atoms with Crippen LogP contribution in [0.1, 0.15) is 11.8 Å². The van der Waals surface area contributed by atoms with Crippen molar-refractivity contribution in [3.63, 3.8) is 0 Å². The molecule has 3 aromatic heterocycles. The van der Waals surface area contributed by atoms with E-state index in [9.17, 15) is 4.79 Å². The molecule has 104 valence electrons. The zero-order valence-electron chi connectivity index (χ0n) is 11.2. The molecule has 0 saturated carbocycles. The van der Waals surface area contributed by atoms with E-state index in [1.54, 1.807) is 11.3 Å². The van der Waals surface area contributed by atoms with E-state index in [0.29, 0.717) is 10.3 Å². The second-order valence-electron chi connectivity index (χ2n) is 4.67. The first-order valence-corrected chi connectivity index (χ1v) is 8.27. The Balaban J connectivity index is 2.00. The summed E-state index contributed by atoms with van der Waals surface area (Å²) in [5.41, 5.74) is 0.925. The molecule has 4 nitrogen and oxygen atoms in total. The molecule has 0 saturated heterocycles. The molecule has 0 aliphatic carbocycles. The van der Waals surface area contributed by atoms with E-state index in [1.807, 2.05) is 36.4 Å². The van der Waals surface area contributed by atoms with E-state index in [-0.39, 0.29) is 5.56 Å². The van der Waals surface area contributed by atoms with E-state index in [2.05, 4.69) is 17.0 Å². The van der Waals surface area contributed by atoms with E-state index in [4.69, 9.17) is 0 Å². The number of nitrogens with zero attached hydrogens (tertiary/aromatic N) is 3. The molecule has 0 spiro atoms. The van der Waals surface area contributed by atoms with Crippen LogP contribution in [0.15, 0.2) is 41.2 Å². The summed E-state index contributed by atoms with van der Waals surface area (Å²) in [6, 6.07) is 11.8. The maximum absolute atomic E-state index is 12.5. The molecule has 0 unspecified atom stereocenters. The van der Waals surface area contributed by atoms with Crippen molar-refractivity contribution in [3.05, 3.63) is 51.6 Å². The Labute approximate surface area is 128 Å². The van der Waals surface area contributed by atoms with Gasteiger partial charge in [0.2, 0.25) is 4.96 Å². The lowest BCUT2D eigenvalue weighted by molar-refractivity contribution is 0.921. The standard InChI is InChI=1S/C15H11N3OS2/c1-2-10-8-11-13(20-10)16-15-18(14(11)19)17-12(21-15)9-6-4-3-5-7-9/h3-8H,2H2,1H3. The van der Waals surface area contributed by atoms with Crippen LogP contribution in [0.5, 0.6) is 0 Å². The third kappa shape index (κ3) is 1.99. The summed E-state index contributed by atoms with van der Waals surface area (Å²) in [4.78, 5) is 19.8. The molecule has 0 bridgehead atoms. The summed E-state index contributed by atoms with van der Waals surface area (Å²) in [5.74, 6) is 0. The van der Waals surface area contributed by atoms with E-state index >= 15 is 0 Å². The van der Waals surface area contributed by atoms with Gasteiger partial charge in [-0.25, -0.2) is 4.98 Å². The van der Waals surface area contributed by atoms with Crippen LogP contribution in [0.4, 0.5) is 0 Å².